The van der Waals surface area contributed by atoms with Crippen LogP contribution in [0.25, 0.3) is 21.5 Å². The Morgan fingerprint density at radius 2 is 0.766 bits per heavy atom. The zero-order valence-corrected chi connectivity index (χ0v) is 35.1. The summed E-state index contributed by atoms with van der Waals surface area (Å²) in [5, 5.41) is 9.06. The number of benzene rings is 2. The van der Waals surface area contributed by atoms with Gasteiger partial charge in [0.15, 0.2) is 0 Å². The van der Waals surface area contributed by atoms with Gasteiger partial charge in [0, 0.05) is 0 Å². The van der Waals surface area contributed by atoms with Crippen molar-refractivity contribution in [3.8, 4) is 0 Å². The molecular weight excluding hydrogens is 685 g/mol. The van der Waals surface area contributed by atoms with Crippen molar-refractivity contribution in [3.05, 3.63) is 72.8 Å². The minimum absolute atomic E-state index is 0.0642. The van der Waals surface area contributed by atoms with Crippen LogP contribution in [-0.2, 0) is 17.0 Å². The molecule has 4 aromatic rings. The van der Waals surface area contributed by atoms with Gasteiger partial charge in [-0.25, -0.2) is 0 Å². The van der Waals surface area contributed by atoms with Gasteiger partial charge in [-0.3, -0.25) is 0 Å². The Labute approximate surface area is 309 Å². The molecule has 4 rings (SSSR count). The molecule has 0 aliphatic carbocycles. The van der Waals surface area contributed by atoms with E-state index in [1.165, 1.54) is 149 Å². The molecule has 4 aromatic carbocycles. The Hall–Kier alpha value is -0.186. The van der Waals surface area contributed by atoms with Gasteiger partial charge in [0.1, 0.15) is 0 Å². The maximum atomic E-state index is 4.89. The van der Waals surface area contributed by atoms with Crippen LogP contribution in [0, 0.1) is 0 Å². The second-order valence-electron chi connectivity index (χ2n) is 13.0. The van der Waals surface area contributed by atoms with E-state index in [0.29, 0.717) is 0 Å². The van der Waals surface area contributed by atoms with E-state index in [1.807, 2.05) is 0 Å². The normalized spacial score (nSPS) is 11.1. The molecule has 0 atom stereocenters. The molecule has 0 heterocycles. The molecule has 5 heteroatoms. The van der Waals surface area contributed by atoms with Crippen LogP contribution in [0.2, 0.25) is 0 Å². The van der Waals surface area contributed by atoms with Crippen molar-refractivity contribution in [2.75, 3.05) is 24.6 Å². The maximum absolute atomic E-state index is 4.89. The summed E-state index contributed by atoms with van der Waals surface area (Å²) in [6.45, 7) is 9.21. The molecule has 0 saturated heterocycles. The molecule has 262 valence electrons. The zero-order valence-electron chi connectivity index (χ0n) is 30.2. The molecule has 0 aromatic heterocycles. The van der Waals surface area contributed by atoms with E-state index in [9.17, 15) is 0 Å². The Bertz CT molecular complexity index is 1090. The number of hydrogen-bond donors (Lipinski definition) is 0. The van der Waals surface area contributed by atoms with E-state index in [0.717, 1.165) is 0 Å². The van der Waals surface area contributed by atoms with E-state index >= 15 is 0 Å². The van der Waals surface area contributed by atoms with E-state index in [4.69, 9.17) is 18.6 Å². The molecule has 0 fully saturated rings. The Kier molecular flexibility index (Phi) is 26.1. The van der Waals surface area contributed by atoms with E-state index in [2.05, 4.69) is 100 Å². The number of rotatable bonds is 22. The van der Waals surface area contributed by atoms with Gasteiger partial charge in [-0.15, -0.1) is 80.7 Å². The van der Waals surface area contributed by atoms with Gasteiger partial charge in [-0.05, 0) is 50.3 Å². The third-order valence-electron chi connectivity index (χ3n) is 9.06. The zero-order chi connectivity index (χ0) is 34.0. The van der Waals surface area contributed by atoms with Gasteiger partial charge in [0.25, 0.3) is 0 Å². The second-order valence-corrected chi connectivity index (χ2v) is 20.5. The van der Waals surface area contributed by atoms with Crippen molar-refractivity contribution in [3.63, 3.8) is 0 Å². The van der Waals surface area contributed by atoms with Crippen molar-refractivity contribution in [1.82, 2.24) is 0 Å². The summed E-state index contributed by atoms with van der Waals surface area (Å²) in [6.07, 6.45) is 28.1. The van der Waals surface area contributed by atoms with E-state index in [-0.39, 0.29) is 15.8 Å². The molecule has 0 saturated carbocycles. The monoisotopic (exact) mass is 748 g/mol. The van der Waals surface area contributed by atoms with Gasteiger partial charge in [0.2, 0.25) is 0 Å². The molecule has 0 unspecified atom stereocenters. The van der Waals surface area contributed by atoms with Crippen LogP contribution in [0.15, 0.2) is 72.8 Å². The van der Waals surface area contributed by atoms with Crippen LogP contribution in [0.5, 0.6) is 0 Å². The van der Waals surface area contributed by atoms with Gasteiger partial charge >= 0.3 is 35.6 Å². The SMILES string of the molecule is CCCCCCP(CCCCCC)c1cc2ccccc2[cH-]1.CCCCCCP(CCCCCC)c1cc2ccccc2[cH-]1.[Cl][Ti][Cl]. The fraction of sp³-hybridized carbons (Fsp3) is 0.571. The van der Waals surface area contributed by atoms with Crippen LogP contribution in [-0.4, -0.2) is 24.6 Å². The Morgan fingerprint density at radius 3 is 1.04 bits per heavy atom. The van der Waals surface area contributed by atoms with Crippen LogP contribution in [0.4, 0.5) is 0 Å². The van der Waals surface area contributed by atoms with Gasteiger partial charge < -0.3 is 0 Å². The number of fused-ring (bicyclic) bond motifs is 2. The van der Waals surface area contributed by atoms with Crippen molar-refractivity contribution in [1.29, 1.82) is 0 Å². The van der Waals surface area contributed by atoms with Gasteiger partial charge in [-0.2, -0.15) is 12.1 Å². The molecule has 0 amide bonds. The molecular formula is C42H64Cl2P2Ti-2. The van der Waals surface area contributed by atoms with Crippen LogP contribution >= 0.6 is 34.5 Å². The Morgan fingerprint density at radius 1 is 0.468 bits per heavy atom. The van der Waals surface area contributed by atoms with E-state index in [1.54, 1.807) is 10.6 Å². The van der Waals surface area contributed by atoms with Crippen LogP contribution in [0.3, 0.4) is 0 Å². The summed E-state index contributed by atoms with van der Waals surface area (Å²) in [6, 6.07) is 27.6. The summed E-state index contributed by atoms with van der Waals surface area (Å²) in [5.41, 5.74) is 0. The third kappa shape index (κ3) is 18.0. The summed E-state index contributed by atoms with van der Waals surface area (Å²) in [5.74, 6) is 0. The average Bonchev–Trinajstić information content (AvgIpc) is 3.72. The van der Waals surface area contributed by atoms with Crippen LogP contribution < -0.4 is 10.6 Å². The number of halogens is 2. The number of hydrogen-bond acceptors (Lipinski definition) is 0. The molecule has 0 radical (unpaired) electrons. The quantitative estimate of drug-likeness (QED) is 0.0325. The topological polar surface area (TPSA) is 0 Å². The predicted octanol–water partition coefficient (Wildman–Crippen LogP) is 15.0. The predicted molar refractivity (Wildman–Crippen MR) is 220 cm³/mol. The molecule has 0 N–H and O–H groups in total. The second kappa shape index (κ2) is 28.5. The van der Waals surface area contributed by atoms with Gasteiger partial charge in [-0.1, -0.05) is 133 Å². The van der Waals surface area contributed by atoms with Crippen molar-refractivity contribution < 1.29 is 17.0 Å². The van der Waals surface area contributed by atoms with Crippen LogP contribution in [0.1, 0.15) is 130 Å². The summed E-state index contributed by atoms with van der Waals surface area (Å²) in [7, 11) is 9.91. The first-order chi connectivity index (χ1) is 23.1. The molecule has 0 bridgehead atoms. The third-order valence-corrected chi connectivity index (χ3v) is 14.5. The average molecular weight is 750 g/mol. The molecule has 0 spiro atoms. The first-order valence-corrected chi connectivity index (χ1v) is 26.6. The molecule has 0 aliphatic heterocycles. The Balaban J connectivity index is 0.000000302. The molecule has 47 heavy (non-hydrogen) atoms. The van der Waals surface area contributed by atoms with Crippen molar-refractivity contribution in [2.24, 2.45) is 0 Å². The van der Waals surface area contributed by atoms with E-state index < -0.39 is 17.0 Å². The first kappa shape index (κ1) is 43.0. The fourth-order valence-electron chi connectivity index (χ4n) is 6.29. The van der Waals surface area contributed by atoms with Gasteiger partial charge in [0.05, 0.1) is 0 Å². The minimum atomic E-state index is -0.556. The summed E-state index contributed by atoms with van der Waals surface area (Å²) >= 11 is -0.556. The molecule has 0 aliphatic rings. The summed E-state index contributed by atoms with van der Waals surface area (Å²) < 4.78 is 0. The summed E-state index contributed by atoms with van der Waals surface area (Å²) in [4.78, 5) is 0. The fourth-order valence-corrected chi connectivity index (χ4v) is 11.5. The first-order valence-electron chi connectivity index (χ1n) is 18.9. The molecule has 0 nitrogen and oxygen atoms in total. The number of unbranched alkanes of at least 4 members (excludes halogenated alkanes) is 12. The van der Waals surface area contributed by atoms with Crippen molar-refractivity contribution in [2.45, 2.75) is 130 Å². The standard InChI is InChI=1S/2C21H32P.2ClH.Ti/c2*1-3-5-7-11-15-22(16-12-8-6-4-2)21-17-19-13-9-10-14-20(19)18-21;;;/h2*9-10,13-14,17-18H,3-8,11-12,15-16H2,1-2H3;2*1H;/q2*-1;;;+2/p-2. The van der Waals surface area contributed by atoms with Crippen molar-refractivity contribution >= 4 is 66.6 Å².